The van der Waals surface area contributed by atoms with Crippen molar-refractivity contribution in [1.29, 1.82) is 0 Å². The van der Waals surface area contributed by atoms with Gasteiger partial charge in [-0.05, 0) is 44.8 Å². The van der Waals surface area contributed by atoms with E-state index in [4.69, 9.17) is 0 Å². The zero-order valence-corrected chi connectivity index (χ0v) is 12.7. The van der Waals surface area contributed by atoms with E-state index in [-0.39, 0.29) is 11.0 Å². The minimum absolute atomic E-state index is 0.154. The number of nitrogens with zero attached hydrogens (tertiary/aromatic N) is 2. The van der Waals surface area contributed by atoms with E-state index >= 15 is 0 Å². The molecule has 2 fully saturated rings. The van der Waals surface area contributed by atoms with Crippen LogP contribution in [0.1, 0.15) is 26.2 Å². The van der Waals surface area contributed by atoms with E-state index in [1.807, 2.05) is 4.90 Å². The predicted molar refractivity (Wildman–Crippen MR) is 78.0 cm³/mol. The van der Waals surface area contributed by atoms with Crippen molar-refractivity contribution in [1.82, 2.24) is 9.80 Å². The third-order valence-electron chi connectivity index (χ3n) is 4.13. The minimum atomic E-state index is 0.154. The highest BCUT2D eigenvalue weighted by atomic mass is 32.2. The summed E-state index contributed by atoms with van der Waals surface area (Å²) in [7, 11) is 2.16. The van der Waals surface area contributed by atoms with Gasteiger partial charge in [0.15, 0.2) is 5.12 Å². The molecule has 1 amide bonds. The van der Waals surface area contributed by atoms with E-state index in [0.29, 0.717) is 18.3 Å². The van der Waals surface area contributed by atoms with Gasteiger partial charge in [0.25, 0.3) is 0 Å². The molecule has 108 valence electrons. The van der Waals surface area contributed by atoms with E-state index in [9.17, 15) is 9.59 Å². The van der Waals surface area contributed by atoms with Gasteiger partial charge in [0.05, 0.1) is 0 Å². The Labute approximate surface area is 119 Å². The largest absolute Gasteiger partial charge is 0.342 e. The summed E-state index contributed by atoms with van der Waals surface area (Å²) in [6, 6.07) is 0. The van der Waals surface area contributed by atoms with Crippen LogP contribution in [-0.4, -0.2) is 59.8 Å². The Kier molecular flexibility index (Phi) is 5.28. The first-order valence-electron chi connectivity index (χ1n) is 7.14. The second-order valence-electron chi connectivity index (χ2n) is 5.92. The molecule has 1 unspecified atom stereocenters. The van der Waals surface area contributed by atoms with Crippen LogP contribution in [0.25, 0.3) is 0 Å². The number of carbonyl (C=O) groups is 2. The monoisotopic (exact) mass is 284 g/mol. The fourth-order valence-corrected chi connectivity index (χ4v) is 3.63. The SMILES string of the molecule is CC(=O)SCC1CC(=O)N(CC2CCN(C)CC2)C1. The summed E-state index contributed by atoms with van der Waals surface area (Å²) in [5.41, 5.74) is 0. The summed E-state index contributed by atoms with van der Waals surface area (Å²) in [6.45, 7) is 5.67. The van der Waals surface area contributed by atoms with Crippen LogP contribution in [0.15, 0.2) is 0 Å². The fraction of sp³-hybridized carbons (Fsp3) is 0.857. The van der Waals surface area contributed by atoms with Gasteiger partial charge in [-0.25, -0.2) is 0 Å². The van der Waals surface area contributed by atoms with Crippen molar-refractivity contribution in [2.45, 2.75) is 26.2 Å². The number of piperidine rings is 1. The molecule has 2 aliphatic heterocycles. The molecule has 0 aromatic heterocycles. The first-order chi connectivity index (χ1) is 9.04. The molecule has 5 heteroatoms. The van der Waals surface area contributed by atoms with Crippen LogP contribution in [0.3, 0.4) is 0 Å². The molecule has 2 rings (SSSR count). The molecular weight excluding hydrogens is 260 g/mol. The number of likely N-dealkylation sites (tertiary alicyclic amines) is 2. The average molecular weight is 284 g/mol. The van der Waals surface area contributed by atoms with Gasteiger partial charge in [0, 0.05) is 32.2 Å². The van der Waals surface area contributed by atoms with Gasteiger partial charge in [0.2, 0.25) is 5.91 Å². The maximum Gasteiger partial charge on any atom is 0.222 e. The normalized spacial score (nSPS) is 26.1. The molecule has 0 aromatic rings. The van der Waals surface area contributed by atoms with E-state index in [1.165, 1.54) is 24.6 Å². The van der Waals surface area contributed by atoms with Crippen molar-refractivity contribution in [2.24, 2.45) is 11.8 Å². The molecule has 19 heavy (non-hydrogen) atoms. The van der Waals surface area contributed by atoms with Crippen molar-refractivity contribution in [3.8, 4) is 0 Å². The minimum Gasteiger partial charge on any atom is -0.342 e. The molecule has 0 radical (unpaired) electrons. The highest BCUT2D eigenvalue weighted by Crippen LogP contribution is 2.25. The Bertz CT molecular complexity index is 340. The van der Waals surface area contributed by atoms with Crippen LogP contribution in [-0.2, 0) is 9.59 Å². The van der Waals surface area contributed by atoms with Crippen molar-refractivity contribution >= 4 is 22.8 Å². The lowest BCUT2D eigenvalue weighted by Crippen LogP contribution is -2.37. The first kappa shape index (κ1) is 14.9. The standard InChI is InChI=1S/C14H24N2O2S/c1-11(17)19-10-13-7-14(18)16(9-13)8-12-3-5-15(2)6-4-12/h12-13H,3-10H2,1-2H3. The Morgan fingerprint density at radius 2 is 2.00 bits per heavy atom. The van der Waals surface area contributed by atoms with Gasteiger partial charge in [-0.3, -0.25) is 9.59 Å². The Morgan fingerprint density at radius 1 is 1.32 bits per heavy atom. The van der Waals surface area contributed by atoms with Gasteiger partial charge >= 0.3 is 0 Å². The van der Waals surface area contributed by atoms with Gasteiger partial charge in [-0.15, -0.1) is 0 Å². The van der Waals surface area contributed by atoms with Crippen molar-refractivity contribution < 1.29 is 9.59 Å². The lowest BCUT2D eigenvalue weighted by atomic mass is 9.97. The van der Waals surface area contributed by atoms with E-state index in [0.717, 1.165) is 31.9 Å². The summed E-state index contributed by atoms with van der Waals surface area (Å²) in [5.74, 6) is 2.12. The second-order valence-corrected chi connectivity index (χ2v) is 7.12. The lowest BCUT2D eigenvalue weighted by Gasteiger charge is -2.31. The summed E-state index contributed by atoms with van der Waals surface area (Å²) < 4.78 is 0. The third-order valence-corrected chi connectivity index (χ3v) is 5.18. The Balaban J connectivity index is 1.75. The smallest absolute Gasteiger partial charge is 0.222 e. The summed E-state index contributed by atoms with van der Waals surface area (Å²) in [5, 5.41) is 0.154. The van der Waals surface area contributed by atoms with Crippen molar-refractivity contribution in [3.63, 3.8) is 0 Å². The molecule has 0 bridgehead atoms. The molecule has 0 spiro atoms. The third kappa shape index (κ3) is 4.49. The van der Waals surface area contributed by atoms with Crippen LogP contribution in [0.2, 0.25) is 0 Å². The second kappa shape index (κ2) is 6.75. The molecule has 0 saturated carbocycles. The van der Waals surface area contributed by atoms with E-state index in [1.54, 1.807) is 6.92 Å². The maximum absolute atomic E-state index is 12.0. The predicted octanol–water partition coefficient (Wildman–Crippen LogP) is 1.46. The molecule has 2 aliphatic rings. The number of rotatable bonds is 4. The molecule has 2 saturated heterocycles. The van der Waals surface area contributed by atoms with Gasteiger partial charge in [-0.1, -0.05) is 11.8 Å². The van der Waals surface area contributed by atoms with Crippen LogP contribution < -0.4 is 0 Å². The van der Waals surface area contributed by atoms with E-state index < -0.39 is 0 Å². The summed E-state index contributed by atoms with van der Waals surface area (Å²) in [6.07, 6.45) is 3.03. The highest BCUT2D eigenvalue weighted by molar-refractivity contribution is 8.13. The van der Waals surface area contributed by atoms with Crippen LogP contribution >= 0.6 is 11.8 Å². The van der Waals surface area contributed by atoms with Gasteiger partial charge in [-0.2, -0.15) is 0 Å². The average Bonchev–Trinajstić information content (AvgIpc) is 2.71. The number of hydrogen-bond donors (Lipinski definition) is 0. The fourth-order valence-electron chi connectivity index (χ4n) is 2.93. The molecular formula is C14H24N2O2S. The maximum atomic E-state index is 12.0. The van der Waals surface area contributed by atoms with Crippen molar-refractivity contribution in [2.75, 3.05) is 39.0 Å². The Morgan fingerprint density at radius 3 is 2.63 bits per heavy atom. The zero-order valence-electron chi connectivity index (χ0n) is 11.9. The number of hydrogen-bond acceptors (Lipinski definition) is 4. The quantitative estimate of drug-likeness (QED) is 0.783. The highest BCUT2D eigenvalue weighted by Gasteiger charge is 2.31. The lowest BCUT2D eigenvalue weighted by molar-refractivity contribution is -0.128. The Hall–Kier alpha value is -0.550. The topological polar surface area (TPSA) is 40.6 Å². The molecule has 0 aliphatic carbocycles. The molecule has 1 atom stereocenters. The summed E-state index contributed by atoms with van der Waals surface area (Å²) >= 11 is 1.35. The number of amides is 1. The van der Waals surface area contributed by atoms with E-state index in [2.05, 4.69) is 11.9 Å². The van der Waals surface area contributed by atoms with Crippen molar-refractivity contribution in [3.05, 3.63) is 0 Å². The molecule has 0 aromatic carbocycles. The van der Waals surface area contributed by atoms with Crippen LogP contribution in [0.5, 0.6) is 0 Å². The molecule has 0 N–H and O–H groups in total. The summed E-state index contributed by atoms with van der Waals surface area (Å²) in [4.78, 5) is 27.3. The first-order valence-corrected chi connectivity index (χ1v) is 8.13. The van der Waals surface area contributed by atoms with Crippen LogP contribution in [0.4, 0.5) is 0 Å². The zero-order chi connectivity index (χ0) is 13.8. The van der Waals surface area contributed by atoms with Crippen LogP contribution in [0, 0.1) is 11.8 Å². The van der Waals surface area contributed by atoms with Gasteiger partial charge in [0.1, 0.15) is 0 Å². The van der Waals surface area contributed by atoms with Gasteiger partial charge < -0.3 is 9.80 Å². The number of carbonyl (C=O) groups excluding carboxylic acids is 2. The molecule has 2 heterocycles. The number of thioether (sulfide) groups is 1. The molecule has 4 nitrogen and oxygen atoms in total.